The lowest BCUT2D eigenvalue weighted by molar-refractivity contribution is 0.0693. The summed E-state index contributed by atoms with van der Waals surface area (Å²) >= 11 is 0. The van der Waals surface area contributed by atoms with Gasteiger partial charge in [0.05, 0.1) is 5.56 Å². The summed E-state index contributed by atoms with van der Waals surface area (Å²) < 4.78 is 5.55. The summed E-state index contributed by atoms with van der Waals surface area (Å²) in [5, 5.41) is 9.00. The third kappa shape index (κ3) is 2.85. The van der Waals surface area contributed by atoms with Crippen molar-refractivity contribution in [1.82, 2.24) is 4.98 Å². The van der Waals surface area contributed by atoms with Gasteiger partial charge in [0.2, 0.25) is 0 Å². The zero-order valence-electron chi connectivity index (χ0n) is 9.96. The molecule has 92 valence electrons. The second-order valence-corrected chi connectivity index (χ2v) is 3.94. The minimum atomic E-state index is -0.995. The Hall–Kier alpha value is -2.36. The molecular weight excluding hydrogens is 230 g/mol. The van der Waals surface area contributed by atoms with Crippen molar-refractivity contribution >= 4 is 5.97 Å². The molecule has 1 N–H and O–H groups in total. The van der Waals surface area contributed by atoms with E-state index in [-0.39, 0.29) is 12.2 Å². The maximum Gasteiger partial charge on any atom is 0.337 e. The zero-order chi connectivity index (χ0) is 13.0. The van der Waals surface area contributed by atoms with Gasteiger partial charge in [0.15, 0.2) is 0 Å². The highest BCUT2D eigenvalue weighted by Gasteiger charge is 2.09. The topological polar surface area (TPSA) is 59.4 Å². The minimum absolute atomic E-state index is 0.171. The van der Waals surface area contributed by atoms with E-state index >= 15 is 0 Å². The summed E-state index contributed by atoms with van der Waals surface area (Å²) in [6.07, 6.45) is 2.89. The molecule has 0 aliphatic heterocycles. The van der Waals surface area contributed by atoms with Crippen molar-refractivity contribution in [2.24, 2.45) is 0 Å². The lowest BCUT2D eigenvalue weighted by Gasteiger charge is -2.08. The van der Waals surface area contributed by atoms with Crippen LogP contribution < -0.4 is 4.74 Å². The Morgan fingerprint density at radius 3 is 2.67 bits per heavy atom. The van der Waals surface area contributed by atoms with Crippen LogP contribution in [0, 0.1) is 6.92 Å². The number of carboxylic acids is 1. The molecule has 4 nitrogen and oxygen atoms in total. The average Bonchev–Trinajstić information content (AvgIpc) is 2.38. The molecule has 2 rings (SSSR count). The SMILES string of the molecule is Cc1ccc(OCc2ccncc2C(=O)O)cc1. The fourth-order valence-corrected chi connectivity index (χ4v) is 1.54. The number of rotatable bonds is 4. The molecule has 0 amide bonds. The first kappa shape index (κ1) is 12.1. The van der Waals surface area contributed by atoms with Crippen LogP contribution in [0.2, 0.25) is 0 Å². The first-order valence-electron chi connectivity index (χ1n) is 5.52. The van der Waals surface area contributed by atoms with Crippen molar-refractivity contribution in [1.29, 1.82) is 0 Å². The number of benzene rings is 1. The van der Waals surface area contributed by atoms with Crippen molar-refractivity contribution in [2.45, 2.75) is 13.5 Å². The Morgan fingerprint density at radius 1 is 1.28 bits per heavy atom. The molecule has 0 fully saturated rings. The highest BCUT2D eigenvalue weighted by Crippen LogP contribution is 2.15. The summed E-state index contributed by atoms with van der Waals surface area (Å²) in [7, 11) is 0. The summed E-state index contributed by atoms with van der Waals surface area (Å²) in [5.41, 5.74) is 1.93. The second-order valence-electron chi connectivity index (χ2n) is 3.94. The van der Waals surface area contributed by atoms with Crippen LogP contribution in [-0.4, -0.2) is 16.1 Å². The van der Waals surface area contributed by atoms with E-state index in [4.69, 9.17) is 9.84 Å². The number of ether oxygens (including phenoxy) is 1. The van der Waals surface area contributed by atoms with Gasteiger partial charge in [0.1, 0.15) is 12.4 Å². The average molecular weight is 243 g/mol. The molecule has 0 saturated heterocycles. The van der Waals surface area contributed by atoms with Crippen LogP contribution >= 0.6 is 0 Å². The van der Waals surface area contributed by atoms with Crippen LogP contribution in [0.1, 0.15) is 21.5 Å². The molecule has 0 aliphatic carbocycles. The minimum Gasteiger partial charge on any atom is -0.489 e. The number of hydrogen-bond donors (Lipinski definition) is 1. The first-order valence-corrected chi connectivity index (χ1v) is 5.52. The van der Waals surface area contributed by atoms with E-state index < -0.39 is 5.97 Å². The van der Waals surface area contributed by atoms with Crippen LogP contribution in [-0.2, 0) is 6.61 Å². The Kier molecular flexibility index (Phi) is 3.57. The number of carbonyl (C=O) groups is 1. The van der Waals surface area contributed by atoms with Crippen LogP contribution in [0.5, 0.6) is 5.75 Å². The van der Waals surface area contributed by atoms with Gasteiger partial charge in [-0.3, -0.25) is 4.98 Å². The molecule has 1 heterocycles. The molecule has 0 bridgehead atoms. The quantitative estimate of drug-likeness (QED) is 0.896. The van der Waals surface area contributed by atoms with Crippen molar-refractivity contribution in [3.05, 3.63) is 59.4 Å². The van der Waals surface area contributed by atoms with Gasteiger partial charge in [-0.2, -0.15) is 0 Å². The van der Waals surface area contributed by atoms with E-state index in [9.17, 15) is 4.79 Å². The smallest absolute Gasteiger partial charge is 0.337 e. The highest BCUT2D eigenvalue weighted by molar-refractivity contribution is 5.88. The van der Waals surface area contributed by atoms with Crippen LogP contribution in [0.3, 0.4) is 0 Å². The maximum atomic E-state index is 11.0. The fraction of sp³-hybridized carbons (Fsp3) is 0.143. The van der Waals surface area contributed by atoms with Gasteiger partial charge in [0.25, 0.3) is 0 Å². The van der Waals surface area contributed by atoms with E-state index in [2.05, 4.69) is 4.98 Å². The molecule has 0 unspecified atom stereocenters. The zero-order valence-corrected chi connectivity index (χ0v) is 9.96. The number of aromatic nitrogens is 1. The summed E-state index contributed by atoms with van der Waals surface area (Å²) in [6, 6.07) is 9.26. The van der Waals surface area contributed by atoms with E-state index in [0.29, 0.717) is 11.3 Å². The largest absolute Gasteiger partial charge is 0.489 e. The predicted molar refractivity (Wildman–Crippen MR) is 66.7 cm³/mol. The number of nitrogens with zero attached hydrogens (tertiary/aromatic N) is 1. The van der Waals surface area contributed by atoms with Gasteiger partial charge < -0.3 is 9.84 Å². The monoisotopic (exact) mass is 243 g/mol. The highest BCUT2D eigenvalue weighted by atomic mass is 16.5. The number of aromatic carboxylic acids is 1. The fourth-order valence-electron chi connectivity index (χ4n) is 1.54. The molecule has 18 heavy (non-hydrogen) atoms. The molecule has 0 radical (unpaired) electrons. The van der Waals surface area contributed by atoms with Gasteiger partial charge in [-0.1, -0.05) is 17.7 Å². The van der Waals surface area contributed by atoms with E-state index in [1.807, 2.05) is 31.2 Å². The van der Waals surface area contributed by atoms with Crippen molar-refractivity contribution in [2.75, 3.05) is 0 Å². The molecule has 0 spiro atoms. The molecule has 1 aromatic heterocycles. The van der Waals surface area contributed by atoms with Gasteiger partial charge in [0, 0.05) is 18.0 Å². The molecule has 0 atom stereocenters. The van der Waals surface area contributed by atoms with Crippen LogP contribution in [0.15, 0.2) is 42.7 Å². The Labute approximate surface area is 105 Å². The second kappa shape index (κ2) is 5.31. The maximum absolute atomic E-state index is 11.0. The van der Waals surface area contributed by atoms with Crippen molar-refractivity contribution < 1.29 is 14.6 Å². The Morgan fingerprint density at radius 2 is 2.00 bits per heavy atom. The van der Waals surface area contributed by atoms with Gasteiger partial charge >= 0.3 is 5.97 Å². The van der Waals surface area contributed by atoms with E-state index in [1.165, 1.54) is 6.20 Å². The molecule has 1 aromatic carbocycles. The first-order chi connectivity index (χ1) is 8.66. The molecule has 2 aromatic rings. The summed E-state index contributed by atoms with van der Waals surface area (Å²) in [6.45, 7) is 2.21. The Balaban J connectivity index is 2.10. The van der Waals surface area contributed by atoms with Gasteiger partial charge in [-0.05, 0) is 25.1 Å². The number of hydrogen-bond acceptors (Lipinski definition) is 3. The third-order valence-corrected chi connectivity index (χ3v) is 2.56. The van der Waals surface area contributed by atoms with Crippen LogP contribution in [0.25, 0.3) is 0 Å². The predicted octanol–water partition coefficient (Wildman–Crippen LogP) is 2.67. The van der Waals surface area contributed by atoms with E-state index in [0.717, 1.165) is 5.56 Å². The number of carboxylic acid groups (broad SMARTS) is 1. The molecular formula is C14H13NO3. The summed E-state index contributed by atoms with van der Waals surface area (Å²) in [4.78, 5) is 14.8. The van der Waals surface area contributed by atoms with Gasteiger partial charge in [-0.15, -0.1) is 0 Å². The number of aryl methyl sites for hydroxylation is 1. The molecule has 0 aliphatic rings. The standard InChI is InChI=1S/C14H13NO3/c1-10-2-4-12(5-3-10)18-9-11-6-7-15-8-13(11)14(16)17/h2-8H,9H2,1H3,(H,16,17). The number of pyridine rings is 1. The van der Waals surface area contributed by atoms with Crippen LogP contribution in [0.4, 0.5) is 0 Å². The third-order valence-electron chi connectivity index (χ3n) is 2.56. The normalized spacial score (nSPS) is 10.1. The molecule has 4 heteroatoms. The summed E-state index contributed by atoms with van der Waals surface area (Å²) in [5.74, 6) is -0.278. The van der Waals surface area contributed by atoms with Gasteiger partial charge in [-0.25, -0.2) is 4.79 Å². The van der Waals surface area contributed by atoms with Crippen molar-refractivity contribution in [3.63, 3.8) is 0 Å². The lowest BCUT2D eigenvalue weighted by Crippen LogP contribution is -2.06. The van der Waals surface area contributed by atoms with E-state index in [1.54, 1.807) is 12.3 Å². The lowest BCUT2D eigenvalue weighted by atomic mass is 10.1. The molecule has 0 saturated carbocycles. The van der Waals surface area contributed by atoms with Crippen molar-refractivity contribution in [3.8, 4) is 5.75 Å². The Bertz CT molecular complexity index is 549.